The molecule has 0 fully saturated rings. The minimum Gasteiger partial charge on any atom is -0.477 e. The predicted octanol–water partition coefficient (Wildman–Crippen LogP) is 5.17. The third-order valence-corrected chi connectivity index (χ3v) is 5.25. The lowest BCUT2D eigenvalue weighted by Crippen LogP contribution is -2.07. The molecule has 4 rings (SSSR count). The van der Waals surface area contributed by atoms with Gasteiger partial charge in [0.05, 0.1) is 12.2 Å². The molecule has 0 spiro atoms. The minimum atomic E-state index is -1.01. The number of aromatic carboxylic acids is 1. The number of nitrogens with zero attached hydrogens (tertiary/aromatic N) is 2. The molecule has 0 saturated carbocycles. The van der Waals surface area contributed by atoms with Gasteiger partial charge in [0.25, 0.3) is 0 Å². The Morgan fingerprint density at radius 3 is 2.59 bits per heavy atom. The van der Waals surface area contributed by atoms with Crippen LogP contribution < -0.4 is 0 Å². The molecule has 0 bridgehead atoms. The van der Waals surface area contributed by atoms with Crippen molar-refractivity contribution in [3.63, 3.8) is 0 Å². The van der Waals surface area contributed by atoms with E-state index in [1.807, 2.05) is 24.3 Å². The lowest BCUT2D eigenvalue weighted by molar-refractivity contribution is 0.0690. The van der Waals surface area contributed by atoms with Crippen LogP contribution in [0.4, 0.5) is 0 Å². The SMILES string of the molecule is CSc1ccc2c(c1)cc(-c1ccccc1)n2Cc1cccc(C(=O)O)n1. The van der Waals surface area contributed by atoms with Crippen molar-refractivity contribution < 1.29 is 9.90 Å². The Balaban J connectivity index is 1.87. The van der Waals surface area contributed by atoms with Crippen LogP contribution in [0.5, 0.6) is 0 Å². The Morgan fingerprint density at radius 1 is 1.04 bits per heavy atom. The van der Waals surface area contributed by atoms with Crippen molar-refractivity contribution in [1.29, 1.82) is 0 Å². The number of hydrogen-bond acceptors (Lipinski definition) is 3. The smallest absolute Gasteiger partial charge is 0.354 e. The molecule has 0 saturated heterocycles. The van der Waals surface area contributed by atoms with Crippen LogP contribution in [0, 0.1) is 0 Å². The lowest BCUT2D eigenvalue weighted by atomic mass is 10.1. The topological polar surface area (TPSA) is 55.1 Å². The predicted molar refractivity (Wildman–Crippen MR) is 109 cm³/mol. The van der Waals surface area contributed by atoms with E-state index in [0.717, 1.165) is 27.9 Å². The van der Waals surface area contributed by atoms with Gasteiger partial charge in [0.1, 0.15) is 5.69 Å². The highest BCUT2D eigenvalue weighted by molar-refractivity contribution is 7.98. The Hall–Kier alpha value is -3.05. The third-order valence-electron chi connectivity index (χ3n) is 4.52. The molecule has 0 atom stereocenters. The van der Waals surface area contributed by atoms with Gasteiger partial charge in [0.2, 0.25) is 0 Å². The van der Waals surface area contributed by atoms with Crippen LogP contribution in [0.2, 0.25) is 0 Å². The fraction of sp³-hybridized carbons (Fsp3) is 0.0909. The van der Waals surface area contributed by atoms with Crippen LogP contribution in [0.25, 0.3) is 22.2 Å². The molecule has 27 heavy (non-hydrogen) atoms. The zero-order valence-corrected chi connectivity index (χ0v) is 15.6. The first-order valence-electron chi connectivity index (χ1n) is 8.57. The number of hydrogen-bond donors (Lipinski definition) is 1. The van der Waals surface area contributed by atoms with E-state index in [4.69, 9.17) is 0 Å². The van der Waals surface area contributed by atoms with Gasteiger partial charge in [0.15, 0.2) is 0 Å². The third kappa shape index (κ3) is 3.46. The van der Waals surface area contributed by atoms with Crippen LogP contribution in [0.1, 0.15) is 16.2 Å². The van der Waals surface area contributed by atoms with Gasteiger partial charge in [-0.25, -0.2) is 9.78 Å². The van der Waals surface area contributed by atoms with Crippen LogP contribution >= 0.6 is 11.8 Å². The quantitative estimate of drug-likeness (QED) is 0.490. The number of benzene rings is 2. The summed E-state index contributed by atoms with van der Waals surface area (Å²) in [5, 5.41) is 10.4. The standard InChI is InChI=1S/C22H18N2O2S/c1-27-18-10-11-20-16(12-18)13-21(15-6-3-2-4-7-15)24(20)14-17-8-5-9-19(23-17)22(25)26/h2-13H,14H2,1H3,(H,25,26). The van der Waals surface area contributed by atoms with E-state index in [9.17, 15) is 9.90 Å². The van der Waals surface area contributed by atoms with Crippen molar-refractivity contribution in [2.75, 3.05) is 6.26 Å². The number of fused-ring (bicyclic) bond motifs is 1. The number of carboxylic acid groups (broad SMARTS) is 1. The highest BCUT2D eigenvalue weighted by Gasteiger charge is 2.13. The summed E-state index contributed by atoms with van der Waals surface area (Å²) in [5.41, 5.74) is 4.10. The van der Waals surface area contributed by atoms with Gasteiger partial charge in [-0.2, -0.15) is 0 Å². The van der Waals surface area contributed by atoms with E-state index >= 15 is 0 Å². The molecule has 2 aromatic carbocycles. The molecule has 4 aromatic rings. The van der Waals surface area contributed by atoms with Gasteiger partial charge >= 0.3 is 5.97 Å². The number of thioether (sulfide) groups is 1. The van der Waals surface area contributed by atoms with Crippen molar-refractivity contribution in [2.24, 2.45) is 0 Å². The average Bonchev–Trinajstić information content (AvgIpc) is 3.06. The summed E-state index contributed by atoms with van der Waals surface area (Å²) in [6.07, 6.45) is 2.07. The maximum absolute atomic E-state index is 11.3. The average molecular weight is 374 g/mol. The van der Waals surface area contributed by atoms with E-state index in [1.165, 1.54) is 11.0 Å². The van der Waals surface area contributed by atoms with Crippen molar-refractivity contribution in [1.82, 2.24) is 9.55 Å². The zero-order valence-electron chi connectivity index (χ0n) is 14.8. The number of aromatic nitrogens is 2. The van der Waals surface area contributed by atoms with Crippen LogP contribution in [0.15, 0.2) is 77.7 Å². The van der Waals surface area contributed by atoms with Gasteiger partial charge in [-0.1, -0.05) is 36.4 Å². The van der Waals surface area contributed by atoms with Gasteiger partial charge in [-0.15, -0.1) is 11.8 Å². The molecule has 0 aliphatic heterocycles. The first-order valence-corrected chi connectivity index (χ1v) is 9.80. The normalized spacial score (nSPS) is 11.0. The van der Waals surface area contributed by atoms with E-state index in [-0.39, 0.29) is 5.69 Å². The fourth-order valence-corrected chi connectivity index (χ4v) is 3.69. The molecule has 0 aliphatic rings. The molecule has 0 unspecified atom stereocenters. The lowest BCUT2D eigenvalue weighted by Gasteiger charge is -2.11. The van der Waals surface area contributed by atoms with Gasteiger partial charge < -0.3 is 9.67 Å². The summed E-state index contributed by atoms with van der Waals surface area (Å²) < 4.78 is 2.20. The number of carbonyl (C=O) groups is 1. The first-order chi connectivity index (χ1) is 13.2. The second-order valence-corrected chi connectivity index (χ2v) is 7.11. The first kappa shape index (κ1) is 17.4. The largest absolute Gasteiger partial charge is 0.477 e. The monoisotopic (exact) mass is 374 g/mol. The van der Waals surface area contributed by atoms with E-state index < -0.39 is 5.97 Å². The van der Waals surface area contributed by atoms with Crippen molar-refractivity contribution in [3.05, 3.63) is 84.2 Å². The fourth-order valence-electron chi connectivity index (χ4n) is 3.24. The summed E-state index contributed by atoms with van der Waals surface area (Å²) in [7, 11) is 0. The maximum atomic E-state index is 11.3. The second kappa shape index (κ2) is 7.29. The van der Waals surface area contributed by atoms with Crippen LogP contribution in [-0.2, 0) is 6.54 Å². The van der Waals surface area contributed by atoms with Crippen LogP contribution in [0.3, 0.4) is 0 Å². The number of rotatable bonds is 5. The zero-order chi connectivity index (χ0) is 18.8. The second-order valence-electron chi connectivity index (χ2n) is 6.23. The highest BCUT2D eigenvalue weighted by Crippen LogP contribution is 2.31. The molecular weight excluding hydrogens is 356 g/mol. The molecule has 1 N–H and O–H groups in total. The molecule has 0 aliphatic carbocycles. The maximum Gasteiger partial charge on any atom is 0.354 e. The summed E-state index contributed by atoms with van der Waals surface area (Å²) in [6, 6.07) is 23.9. The van der Waals surface area contributed by atoms with Gasteiger partial charge in [-0.3, -0.25) is 0 Å². The van der Waals surface area contributed by atoms with Gasteiger partial charge in [0, 0.05) is 21.5 Å². The Bertz CT molecular complexity index is 1120. The van der Waals surface area contributed by atoms with E-state index in [1.54, 1.807) is 17.8 Å². The minimum absolute atomic E-state index is 0.0647. The molecule has 0 radical (unpaired) electrons. The Labute approximate surface area is 161 Å². The van der Waals surface area contributed by atoms with Crippen molar-refractivity contribution in [2.45, 2.75) is 11.4 Å². The van der Waals surface area contributed by atoms with Gasteiger partial charge in [-0.05, 0) is 48.2 Å². The molecule has 2 heterocycles. The summed E-state index contributed by atoms with van der Waals surface area (Å²) in [6.45, 7) is 0.507. The molecule has 0 amide bonds. The van der Waals surface area contributed by atoms with Crippen molar-refractivity contribution in [3.8, 4) is 11.3 Å². The van der Waals surface area contributed by atoms with Crippen LogP contribution in [-0.4, -0.2) is 26.9 Å². The molecule has 2 aromatic heterocycles. The summed E-state index contributed by atoms with van der Waals surface area (Å²) in [5.74, 6) is -1.01. The Morgan fingerprint density at radius 2 is 1.85 bits per heavy atom. The molecule has 5 heteroatoms. The molecule has 134 valence electrons. The molecule has 4 nitrogen and oxygen atoms in total. The Kier molecular flexibility index (Phi) is 4.69. The van der Waals surface area contributed by atoms with E-state index in [0.29, 0.717) is 6.54 Å². The number of pyridine rings is 1. The van der Waals surface area contributed by atoms with E-state index in [2.05, 4.69) is 52.2 Å². The van der Waals surface area contributed by atoms with Crippen molar-refractivity contribution >= 4 is 28.6 Å². The summed E-state index contributed by atoms with van der Waals surface area (Å²) in [4.78, 5) is 16.8. The summed E-state index contributed by atoms with van der Waals surface area (Å²) >= 11 is 1.72. The number of carboxylic acids is 1. The molecular formula is C22H18N2O2S. The highest BCUT2D eigenvalue weighted by atomic mass is 32.2.